The van der Waals surface area contributed by atoms with E-state index in [2.05, 4.69) is 5.32 Å². The van der Waals surface area contributed by atoms with Gasteiger partial charge in [0, 0.05) is 31.9 Å². The highest BCUT2D eigenvalue weighted by Gasteiger charge is 2.38. The van der Waals surface area contributed by atoms with Crippen LogP contribution in [0, 0.1) is 0 Å². The van der Waals surface area contributed by atoms with Crippen LogP contribution in [0.1, 0.15) is 26.2 Å². The van der Waals surface area contributed by atoms with Crippen LogP contribution in [0.3, 0.4) is 0 Å². The van der Waals surface area contributed by atoms with Gasteiger partial charge in [-0.15, -0.1) is 0 Å². The average molecular weight is 331 g/mol. The first kappa shape index (κ1) is 16.8. The molecule has 0 aliphatic carbocycles. The van der Waals surface area contributed by atoms with Crippen molar-refractivity contribution in [2.24, 2.45) is 0 Å². The molecular weight excluding hydrogens is 306 g/mol. The van der Waals surface area contributed by atoms with Crippen molar-refractivity contribution in [1.82, 2.24) is 10.2 Å². The van der Waals surface area contributed by atoms with Crippen LogP contribution >= 0.6 is 0 Å². The number of hydrogen-bond donors (Lipinski definition) is 1. The predicted octanol–water partition coefficient (Wildman–Crippen LogP) is 2.00. The smallest absolute Gasteiger partial charge is 0.318 e. The zero-order valence-corrected chi connectivity index (χ0v) is 14.1. The van der Waals surface area contributed by atoms with Gasteiger partial charge in [0.05, 0.1) is 6.10 Å². The highest BCUT2D eigenvalue weighted by Crippen LogP contribution is 2.24. The lowest BCUT2D eigenvalue weighted by atomic mass is 10.2. The Morgan fingerprint density at radius 3 is 2.79 bits per heavy atom. The van der Waals surface area contributed by atoms with Crippen LogP contribution in [0.25, 0.3) is 0 Å². The standard InChI is InChI=1S/C18H25N3O3/c1-2-20(18(23)19-13-15-9-6-12-24-15)16-10-11-21(17(16)22)14-7-4-3-5-8-14/h3-5,7-8,15-16H,2,6,9-13H2,1H3,(H,19,23)/t15-,16+/m1/s1. The molecule has 6 heteroatoms. The number of carbonyl (C=O) groups is 2. The van der Waals surface area contributed by atoms with Gasteiger partial charge in [-0.05, 0) is 38.3 Å². The molecule has 1 N–H and O–H groups in total. The Kier molecular flexibility index (Phi) is 5.35. The van der Waals surface area contributed by atoms with Gasteiger partial charge in [0.15, 0.2) is 0 Å². The predicted molar refractivity (Wildman–Crippen MR) is 92.0 cm³/mol. The quantitative estimate of drug-likeness (QED) is 0.898. The fraction of sp³-hybridized carbons (Fsp3) is 0.556. The summed E-state index contributed by atoms with van der Waals surface area (Å²) in [5, 5.41) is 2.92. The Balaban J connectivity index is 1.60. The number of ether oxygens (including phenoxy) is 1. The molecule has 0 spiro atoms. The van der Waals surface area contributed by atoms with Gasteiger partial charge in [-0.1, -0.05) is 18.2 Å². The van der Waals surface area contributed by atoms with Crippen LogP contribution in [-0.2, 0) is 9.53 Å². The molecule has 2 aliphatic rings. The molecule has 2 atom stereocenters. The van der Waals surface area contributed by atoms with Crippen LogP contribution in [0.4, 0.5) is 10.5 Å². The third-order valence-electron chi connectivity index (χ3n) is 4.73. The van der Waals surface area contributed by atoms with Crippen molar-refractivity contribution in [3.05, 3.63) is 30.3 Å². The number of rotatable bonds is 5. The number of anilines is 1. The Morgan fingerprint density at radius 2 is 2.12 bits per heavy atom. The maximum Gasteiger partial charge on any atom is 0.318 e. The van der Waals surface area contributed by atoms with Gasteiger partial charge in [0.1, 0.15) is 6.04 Å². The number of hydrogen-bond acceptors (Lipinski definition) is 3. The molecule has 2 fully saturated rings. The molecule has 0 aromatic heterocycles. The van der Waals surface area contributed by atoms with Crippen LogP contribution in [0.2, 0.25) is 0 Å². The van der Waals surface area contributed by atoms with Crippen molar-refractivity contribution in [3.8, 4) is 0 Å². The van der Waals surface area contributed by atoms with Crippen molar-refractivity contribution in [1.29, 1.82) is 0 Å². The molecule has 0 radical (unpaired) electrons. The molecule has 1 aromatic rings. The Hall–Kier alpha value is -2.08. The minimum atomic E-state index is -0.389. The number of nitrogens with one attached hydrogen (secondary N) is 1. The normalized spacial score (nSPS) is 23.5. The number of carbonyl (C=O) groups excluding carboxylic acids is 2. The van der Waals surface area contributed by atoms with Crippen molar-refractivity contribution in [3.63, 3.8) is 0 Å². The van der Waals surface area contributed by atoms with Crippen molar-refractivity contribution in [2.75, 3.05) is 31.1 Å². The second-order valence-corrected chi connectivity index (χ2v) is 6.24. The summed E-state index contributed by atoms with van der Waals surface area (Å²) >= 11 is 0. The lowest BCUT2D eigenvalue weighted by molar-refractivity contribution is -0.120. The molecule has 1 aromatic carbocycles. The number of likely N-dealkylation sites (N-methyl/N-ethyl adjacent to an activating group) is 1. The zero-order valence-electron chi connectivity index (χ0n) is 14.1. The van der Waals surface area contributed by atoms with Crippen LogP contribution in [0.15, 0.2) is 30.3 Å². The van der Waals surface area contributed by atoms with E-state index in [-0.39, 0.29) is 24.1 Å². The summed E-state index contributed by atoms with van der Waals surface area (Å²) in [6.07, 6.45) is 2.80. The summed E-state index contributed by atoms with van der Waals surface area (Å²) in [6.45, 7) is 4.34. The maximum absolute atomic E-state index is 12.8. The van der Waals surface area contributed by atoms with E-state index >= 15 is 0 Å². The number of nitrogens with zero attached hydrogens (tertiary/aromatic N) is 2. The van der Waals surface area contributed by atoms with E-state index in [0.717, 1.165) is 25.1 Å². The molecule has 2 heterocycles. The molecule has 0 unspecified atom stereocenters. The highest BCUT2D eigenvalue weighted by molar-refractivity contribution is 6.01. The van der Waals surface area contributed by atoms with Gasteiger partial charge in [-0.25, -0.2) is 4.79 Å². The third-order valence-corrected chi connectivity index (χ3v) is 4.73. The summed E-state index contributed by atoms with van der Waals surface area (Å²) in [7, 11) is 0. The lowest BCUT2D eigenvalue weighted by Gasteiger charge is -2.27. The largest absolute Gasteiger partial charge is 0.376 e. The number of para-hydroxylation sites is 1. The first-order chi connectivity index (χ1) is 11.7. The summed E-state index contributed by atoms with van der Waals surface area (Å²) in [4.78, 5) is 28.6. The van der Waals surface area contributed by atoms with E-state index in [0.29, 0.717) is 26.1 Å². The summed E-state index contributed by atoms with van der Waals surface area (Å²) < 4.78 is 5.53. The molecule has 0 saturated carbocycles. The molecule has 3 rings (SSSR count). The van der Waals surface area contributed by atoms with Crippen molar-refractivity contribution >= 4 is 17.6 Å². The SMILES string of the molecule is CCN(C(=O)NC[C@H]1CCCO1)[C@H]1CCN(c2ccccc2)C1=O. The number of benzene rings is 1. The fourth-order valence-electron chi connectivity index (χ4n) is 3.43. The fourth-order valence-corrected chi connectivity index (χ4v) is 3.43. The minimum absolute atomic E-state index is 0.00434. The van der Waals surface area contributed by atoms with Gasteiger partial charge in [-0.2, -0.15) is 0 Å². The average Bonchev–Trinajstić information content (AvgIpc) is 3.25. The monoisotopic (exact) mass is 331 g/mol. The summed E-state index contributed by atoms with van der Waals surface area (Å²) in [5.41, 5.74) is 0.890. The highest BCUT2D eigenvalue weighted by atomic mass is 16.5. The minimum Gasteiger partial charge on any atom is -0.376 e. The van der Waals surface area contributed by atoms with Gasteiger partial charge in [0.2, 0.25) is 5.91 Å². The molecule has 2 saturated heterocycles. The van der Waals surface area contributed by atoms with E-state index in [1.807, 2.05) is 37.3 Å². The molecular formula is C18H25N3O3. The van der Waals surface area contributed by atoms with Crippen molar-refractivity contribution in [2.45, 2.75) is 38.3 Å². The van der Waals surface area contributed by atoms with Crippen LogP contribution in [-0.4, -0.2) is 55.2 Å². The molecule has 2 aliphatic heterocycles. The van der Waals surface area contributed by atoms with Gasteiger partial charge < -0.3 is 19.9 Å². The first-order valence-electron chi connectivity index (χ1n) is 8.73. The molecule has 130 valence electrons. The maximum atomic E-state index is 12.8. The zero-order chi connectivity index (χ0) is 16.9. The summed E-state index contributed by atoms with van der Waals surface area (Å²) in [5.74, 6) is -0.00434. The number of amides is 3. The topological polar surface area (TPSA) is 61.9 Å². The van der Waals surface area contributed by atoms with Crippen LogP contribution in [0.5, 0.6) is 0 Å². The second kappa shape index (κ2) is 7.66. The molecule has 6 nitrogen and oxygen atoms in total. The third kappa shape index (κ3) is 3.53. The Labute approximate surface area is 142 Å². The second-order valence-electron chi connectivity index (χ2n) is 6.24. The molecule has 24 heavy (non-hydrogen) atoms. The Bertz CT molecular complexity index is 572. The van der Waals surface area contributed by atoms with E-state index in [1.165, 1.54) is 0 Å². The number of urea groups is 1. The first-order valence-corrected chi connectivity index (χ1v) is 8.73. The van der Waals surface area contributed by atoms with E-state index in [4.69, 9.17) is 4.74 Å². The van der Waals surface area contributed by atoms with E-state index in [9.17, 15) is 9.59 Å². The molecule has 0 bridgehead atoms. The Morgan fingerprint density at radius 1 is 1.33 bits per heavy atom. The lowest BCUT2D eigenvalue weighted by Crippen LogP contribution is -2.50. The van der Waals surface area contributed by atoms with Crippen molar-refractivity contribution < 1.29 is 14.3 Å². The molecule has 3 amide bonds. The van der Waals surface area contributed by atoms with Gasteiger partial charge in [0.25, 0.3) is 0 Å². The van der Waals surface area contributed by atoms with Gasteiger partial charge in [-0.3, -0.25) is 4.79 Å². The van der Waals surface area contributed by atoms with Gasteiger partial charge >= 0.3 is 6.03 Å². The van der Waals surface area contributed by atoms with Crippen LogP contribution < -0.4 is 10.2 Å². The van der Waals surface area contributed by atoms with E-state index < -0.39 is 0 Å². The van der Waals surface area contributed by atoms with E-state index in [1.54, 1.807) is 9.80 Å². The summed E-state index contributed by atoms with van der Waals surface area (Å²) in [6, 6.07) is 9.05.